The van der Waals surface area contributed by atoms with E-state index in [9.17, 15) is 4.79 Å². The minimum atomic E-state index is -0.661. The van der Waals surface area contributed by atoms with Crippen LogP contribution in [-0.2, 0) is 22.7 Å². The van der Waals surface area contributed by atoms with Gasteiger partial charge in [0, 0.05) is 0 Å². The predicted octanol–water partition coefficient (Wildman–Crippen LogP) is 2.96. The first kappa shape index (κ1) is 16.2. The molecule has 0 aliphatic rings. The molecule has 3 N–H and O–H groups in total. The van der Waals surface area contributed by atoms with Crippen molar-refractivity contribution in [3.05, 3.63) is 83.9 Å². The summed E-state index contributed by atoms with van der Waals surface area (Å²) in [6.45, 7) is 0.313. The van der Waals surface area contributed by atoms with E-state index in [1.54, 1.807) is 0 Å². The number of benzene rings is 3. The smallest absolute Gasteiger partial charge is 0.260 e. The number of fused-ring (bicyclic) bond motifs is 1. The number of carbonyl (C=O) groups is 1. The number of amides is 1. The first-order valence-electron chi connectivity index (χ1n) is 7.92. The lowest BCUT2D eigenvalue weighted by Crippen LogP contribution is -2.41. The fourth-order valence-corrected chi connectivity index (χ4v) is 2.64. The Labute approximate surface area is 141 Å². The third kappa shape index (κ3) is 3.98. The molecule has 0 bridgehead atoms. The fourth-order valence-electron chi connectivity index (χ4n) is 2.64. The largest absolute Gasteiger partial charge is 0.320 e. The van der Waals surface area contributed by atoms with Gasteiger partial charge in [-0.3, -0.25) is 9.63 Å². The first-order valence-corrected chi connectivity index (χ1v) is 7.92. The normalized spacial score (nSPS) is 12.0. The second-order valence-corrected chi connectivity index (χ2v) is 5.69. The topological polar surface area (TPSA) is 64.4 Å². The third-order valence-electron chi connectivity index (χ3n) is 3.91. The third-order valence-corrected chi connectivity index (χ3v) is 3.91. The number of hydroxylamine groups is 1. The number of hydrogen-bond acceptors (Lipinski definition) is 3. The van der Waals surface area contributed by atoms with Gasteiger partial charge in [-0.1, -0.05) is 72.8 Å². The van der Waals surface area contributed by atoms with Crippen LogP contribution in [0.1, 0.15) is 11.1 Å². The zero-order valence-electron chi connectivity index (χ0n) is 13.3. The molecule has 0 spiro atoms. The van der Waals surface area contributed by atoms with Crippen molar-refractivity contribution in [1.82, 2.24) is 5.48 Å². The summed E-state index contributed by atoms with van der Waals surface area (Å²) in [7, 11) is 0. The van der Waals surface area contributed by atoms with Gasteiger partial charge in [0.15, 0.2) is 0 Å². The molecule has 0 saturated carbocycles. The summed E-state index contributed by atoms with van der Waals surface area (Å²) in [5, 5.41) is 2.26. The van der Waals surface area contributed by atoms with Crippen molar-refractivity contribution in [2.45, 2.75) is 19.1 Å². The summed E-state index contributed by atoms with van der Waals surface area (Å²) in [5.74, 6) is -0.320. The van der Waals surface area contributed by atoms with E-state index < -0.39 is 6.04 Å². The van der Waals surface area contributed by atoms with Gasteiger partial charge < -0.3 is 5.73 Å². The molecule has 122 valence electrons. The van der Waals surface area contributed by atoms with E-state index in [4.69, 9.17) is 10.6 Å². The predicted molar refractivity (Wildman–Crippen MR) is 95.0 cm³/mol. The minimum Gasteiger partial charge on any atom is -0.320 e. The van der Waals surface area contributed by atoms with Gasteiger partial charge in [-0.2, -0.15) is 0 Å². The van der Waals surface area contributed by atoms with Gasteiger partial charge in [-0.15, -0.1) is 0 Å². The molecule has 0 saturated heterocycles. The highest BCUT2D eigenvalue weighted by atomic mass is 16.6. The number of hydrogen-bond donors (Lipinski definition) is 2. The van der Waals surface area contributed by atoms with E-state index in [-0.39, 0.29) is 5.91 Å². The van der Waals surface area contributed by atoms with Crippen LogP contribution in [-0.4, -0.2) is 11.9 Å². The van der Waals surface area contributed by atoms with Crippen molar-refractivity contribution in [2.75, 3.05) is 0 Å². The molecule has 0 fully saturated rings. The molecule has 1 amide bonds. The second kappa shape index (κ2) is 7.73. The molecule has 24 heavy (non-hydrogen) atoms. The van der Waals surface area contributed by atoms with Crippen LogP contribution in [0.2, 0.25) is 0 Å². The lowest BCUT2D eigenvalue weighted by Gasteiger charge is -2.14. The highest BCUT2D eigenvalue weighted by molar-refractivity contribution is 5.87. The molecule has 0 radical (unpaired) electrons. The highest BCUT2D eigenvalue weighted by Gasteiger charge is 2.15. The van der Waals surface area contributed by atoms with Crippen LogP contribution >= 0.6 is 0 Å². The summed E-state index contributed by atoms with van der Waals surface area (Å²) >= 11 is 0. The zero-order chi connectivity index (χ0) is 16.8. The van der Waals surface area contributed by atoms with Gasteiger partial charge in [0.1, 0.15) is 0 Å². The summed E-state index contributed by atoms with van der Waals surface area (Å²) in [5.41, 5.74) is 10.5. The van der Waals surface area contributed by atoms with Gasteiger partial charge in [-0.05, 0) is 28.3 Å². The number of nitrogens with one attached hydrogen (secondary N) is 1. The quantitative estimate of drug-likeness (QED) is 0.686. The monoisotopic (exact) mass is 320 g/mol. The summed E-state index contributed by atoms with van der Waals surface area (Å²) < 4.78 is 0. The Balaban J connectivity index is 1.57. The zero-order valence-corrected chi connectivity index (χ0v) is 13.3. The number of rotatable bonds is 6. The molecule has 3 aromatic rings. The van der Waals surface area contributed by atoms with Crippen LogP contribution in [0.5, 0.6) is 0 Å². The van der Waals surface area contributed by atoms with Crippen LogP contribution in [0.15, 0.2) is 72.8 Å². The van der Waals surface area contributed by atoms with Crippen LogP contribution in [0.4, 0.5) is 0 Å². The SMILES string of the molecule is N[C@@H](Cc1cccc2ccccc12)C(=O)NOCc1ccccc1. The Morgan fingerprint density at radius 3 is 2.50 bits per heavy atom. The van der Waals surface area contributed by atoms with Crippen LogP contribution in [0.3, 0.4) is 0 Å². The van der Waals surface area contributed by atoms with Gasteiger partial charge in [0.25, 0.3) is 5.91 Å². The average Bonchev–Trinajstić information content (AvgIpc) is 2.63. The van der Waals surface area contributed by atoms with E-state index >= 15 is 0 Å². The lowest BCUT2D eigenvalue weighted by atomic mass is 9.99. The highest BCUT2D eigenvalue weighted by Crippen LogP contribution is 2.19. The van der Waals surface area contributed by atoms with Crippen LogP contribution in [0.25, 0.3) is 10.8 Å². The molecule has 1 atom stereocenters. The second-order valence-electron chi connectivity index (χ2n) is 5.69. The summed E-state index contributed by atoms with van der Waals surface area (Å²) in [4.78, 5) is 17.4. The minimum absolute atomic E-state index is 0.313. The van der Waals surface area contributed by atoms with E-state index in [1.807, 2.05) is 72.8 Å². The van der Waals surface area contributed by atoms with Crippen molar-refractivity contribution in [2.24, 2.45) is 5.73 Å². The van der Waals surface area contributed by atoms with E-state index in [0.717, 1.165) is 21.9 Å². The Hall–Kier alpha value is -2.69. The van der Waals surface area contributed by atoms with Crippen molar-refractivity contribution in [3.8, 4) is 0 Å². The molecule has 0 unspecified atom stereocenters. The van der Waals surface area contributed by atoms with E-state index in [2.05, 4.69) is 5.48 Å². The van der Waals surface area contributed by atoms with E-state index in [1.165, 1.54) is 0 Å². The van der Waals surface area contributed by atoms with Gasteiger partial charge >= 0.3 is 0 Å². The standard InChI is InChI=1S/C20H20N2O2/c21-19(20(23)22-24-14-15-7-2-1-3-8-15)13-17-11-6-10-16-9-4-5-12-18(16)17/h1-12,19H,13-14,21H2,(H,22,23)/t19-/m0/s1. The molecule has 0 aromatic heterocycles. The Morgan fingerprint density at radius 1 is 0.958 bits per heavy atom. The number of carbonyl (C=O) groups excluding carboxylic acids is 1. The van der Waals surface area contributed by atoms with Gasteiger partial charge in [0.2, 0.25) is 0 Å². The van der Waals surface area contributed by atoms with Crippen molar-refractivity contribution in [3.63, 3.8) is 0 Å². The van der Waals surface area contributed by atoms with Crippen LogP contribution < -0.4 is 11.2 Å². The molecular formula is C20H20N2O2. The molecule has 4 heteroatoms. The average molecular weight is 320 g/mol. The Morgan fingerprint density at radius 2 is 1.67 bits per heavy atom. The lowest BCUT2D eigenvalue weighted by molar-refractivity contribution is -0.135. The van der Waals surface area contributed by atoms with E-state index in [0.29, 0.717) is 13.0 Å². The Kier molecular flexibility index (Phi) is 5.21. The van der Waals surface area contributed by atoms with Crippen molar-refractivity contribution >= 4 is 16.7 Å². The van der Waals surface area contributed by atoms with Crippen molar-refractivity contribution < 1.29 is 9.63 Å². The molecular weight excluding hydrogens is 300 g/mol. The first-order chi connectivity index (χ1) is 11.7. The fraction of sp³-hybridized carbons (Fsp3) is 0.150. The maximum absolute atomic E-state index is 12.1. The summed E-state index contributed by atoms with van der Waals surface area (Å²) in [6, 6.07) is 23.1. The summed E-state index contributed by atoms with van der Waals surface area (Å²) in [6.07, 6.45) is 0.460. The van der Waals surface area contributed by atoms with Gasteiger partial charge in [0.05, 0.1) is 12.6 Å². The van der Waals surface area contributed by atoms with Crippen molar-refractivity contribution in [1.29, 1.82) is 0 Å². The molecule has 3 aromatic carbocycles. The number of nitrogens with two attached hydrogens (primary N) is 1. The molecule has 0 heterocycles. The maximum Gasteiger partial charge on any atom is 0.260 e. The maximum atomic E-state index is 12.1. The van der Waals surface area contributed by atoms with Crippen LogP contribution in [0, 0.1) is 0 Å². The molecule has 3 rings (SSSR count). The Bertz CT molecular complexity index is 813. The molecule has 4 nitrogen and oxygen atoms in total. The van der Waals surface area contributed by atoms with Gasteiger partial charge in [-0.25, -0.2) is 5.48 Å². The molecule has 0 aliphatic carbocycles. The molecule has 0 aliphatic heterocycles.